The number of ether oxygens (including phenoxy) is 2. The summed E-state index contributed by atoms with van der Waals surface area (Å²) in [5.41, 5.74) is 3.78. The Bertz CT molecular complexity index is 1110. The first-order valence-corrected chi connectivity index (χ1v) is 8.39. The molecule has 0 radical (unpaired) electrons. The molecule has 0 atom stereocenters. The van der Waals surface area contributed by atoms with Gasteiger partial charge in [0.25, 0.3) is 0 Å². The minimum absolute atomic E-state index is 0.0840. The number of methoxy groups -OCH3 is 2. The van der Waals surface area contributed by atoms with E-state index < -0.39 is 0 Å². The highest BCUT2D eigenvalue weighted by Crippen LogP contribution is 2.30. The Kier molecular flexibility index (Phi) is 4.43. The molecular weight excluding hydrogens is 344 g/mol. The fraction of sp³-hybridized carbons (Fsp3) is 0.150. The van der Waals surface area contributed by atoms with Crippen LogP contribution in [0.25, 0.3) is 28.3 Å². The number of hydrogen-bond acceptors (Lipinski definition) is 6. The Hall–Kier alpha value is -3.45. The average Bonchev–Trinajstić information content (AvgIpc) is 3.16. The van der Waals surface area contributed by atoms with E-state index in [-0.39, 0.29) is 6.61 Å². The monoisotopic (exact) mass is 362 g/mol. The van der Waals surface area contributed by atoms with Crippen LogP contribution < -0.4 is 9.47 Å². The first kappa shape index (κ1) is 17.0. The second-order valence-electron chi connectivity index (χ2n) is 5.90. The van der Waals surface area contributed by atoms with E-state index >= 15 is 0 Å². The van der Waals surface area contributed by atoms with Crippen molar-refractivity contribution in [3.63, 3.8) is 0 Å². The third kappa shape index (κ3) is 2.98. The summed E-state index contributed by atoms with van der Waals surface area (Å²) in [7, 11) is 3.20. The molecule has 4 rings (SSSR count). The number of para-hydroxylation sites is 1. The van der Waals surface area contributed by atoms with Crippen LogP contribution in [0.3, 0.4) is 0 Å². The molecule has 0 saturated heterocycles. The van der Waals surface area contributed by atoms with Crippen LogP contribution in [0.5, 0.6) is 11.5 Å². The summed E-state index contributed by atoms with van der Waals surface area (Å²) >= 11 is 0. The molecule has 2 heterocycles. The summed E-state index contributed by atoms with van der Waals surface area (Å²) in [4.78, 5) is 0. The summed E-state index contributed by atoms with van der Waals surface area (Å²) in [5, 5.41) is 22.6. The molecule has 0 unspecified atom stereocenters. The van der Waals surface area contributed by atoms with Crippen molar-refractivity contribution >= 4 is 5.65 Å². The smallest absolute Gasteiger partial charge is 0.189 e. The van der Waals surface area contributed by atoms with Gasteiger partial charge in [-0.25, -0.2) is 0 Å². The van der Waals surface area contributed by atoms with Crippen molar-refractivity contribution in [2.24, 2.45) is 0 Å². The molecule has 1 N–H and O–H groups in total. The molecule has 7 nitrogen and oxygen atoms in total. The van der Waals surface area contributed by atoms with E-state index in [0.717, 1.165) is 22.4 Å². The molecule has 27 heavy (non-hydrogen) atoms. The largest absolute Gasteiger partial charge is 0.496 e. The highest BCUT2D eigenvalue weighted by atomic mass is 16.5. The van der Waals surface area contributed by atoms with Gasteiger partial charge in [-0.1, -0.05) is 24.3 Å². The summed E-state index contributed by atoms with van der Waals surface area (Å²) in [6.45, 7) is -0.0840. The minimum Gasteiger partial charge on any atom is -0.496 e. The molecule has 136 valence electrons. The number of benzene rings is 2. The minimum atomic E-state index is -0.0840. The Balaban J connectivity index is 1.86. The van der Waals surface area contributed by atoms with E-state index in [9.17, 15) is 5.11 Å². The zero-order valence-corrected chi connectivity index (χ0v) is 15.0. The number of aliphatic hydroxyl groups excluding tert-OH is 1. The highest BCUT2D eigenvalue weighted by molar-refractivity contribution is 5.68. The molecule has 2 aromatic carbocycles. The number of fused-ring (bicyclic) bond motifs is 1. The number of hydrogen-bond donors (Lipinski definition) is 1. The average molecular weight is 362 g/mol. The standard InChI is InChI=1S/C20H18N4O3/c1-26-17-6-4-3-5-15(17)20-22-21-19-10-9-16(23-24(19)20)13-7-8-14(12-25)18(11-13)27-2/h3-11,25H,12H2,1-2H3. The number of nitrogens with zero attached hydrogens (tertiary/aromatic N) is 4. The Morgan fingerprint density at radius 3 is 2.52 bits per heavy atom. The number of aliphatic hydroxyl groups is 1. The fourth-order valence-electron chi connectivity index (χ4n) is 2.97. The Labute approximate surface area is 155 Å². The molecule has 0 amide bonds. The summed E-state index contributed by atoms with van der Waals surface area (Å²) in [6, 6.07) is 16.9. The van der Waals surface area contributed by atoms with Crippen LogP contribution in [0.4, 0.5) is 0 Å². The SMILES string of the molecule is COc1cc(-c2ccc3nnc(-c4ccccc4OC)n3n2)ccc1CO. The topological polar surface area (TPSA) is 81.8 Å². The van der Waals surface area contributed by atoms with Gasteiger partial charge in [0.1, 0.15) is 11.5 Å². The predicted molar refractivity (Wildman–Crippen MR) is 101 cm³/mol. The van der Waals surface area contributed by atoms with Crippen LogP contribution >= 0.6 is 0 Å². The molecular formula is C20H18N4O3. The van der Waals surface area contributed by atoms with Crippen molar-refractivity contribution in [3.8, 4) is 34.1 Å². The van der Waals surface area contributed by atoms with Crippen molar-refractivity contribution < 1.29 is 14.6 Å². The van der Waals surface area contributed by atoms with Gasteiger partial charge in [-0.3, -0.25) is 0 Å². The Morgan fingerprint density at radius 1 is 0.926 bits per heavy atom. The lowest BCUT2D eigenvalue weighted by Gasteiger charge is -2.09. The van der Waals surface area contributed by atoms with Crippen LogP contribution in [0, 0.1) is 0 Å². The second-order valence-corrected chi connectivity index (χ2v) is 5.90. The van der Waals surface area contributed by atoms with Gasteiger partial charge in [-0.2, -0.15) is 9.61 Å². The van der Waals surface area contributed by atoms with Crippen molar-refractivity contribution in [1.29, 1.82) is 0 Å². The van der Waals surface area contributed by atoms with E-state index in [0.29, 0.717) is 23.0 Å². The van der Waals surface area contributed by atoms with Crippen LogP contribution in [-0.4, -0.2) is 39.1 Å². The molecule has 0 aliphatic heterocycles. The van der Waals surface area contributed by atoms with E-state index in [2.05, 4.69) is 10.2 Å². The predicted octanol–water partition coefficient (Wildman–Crippen LogP) is 2.97. The van der Waals surface area contributed by atoms with Crippen molar-refractivity contribution in [3.05, 3.63) is 60.2 Å². The van der Waals surface area contributed by atoms with Gasteiger partial charge in [0.15, 0.2) is 11.5 Å². The summed E-state index contributed by atoms with van der Waals surface area (Å²) in [6.07, 6.45) is 0. The fourth-order valence-corrected chi connectivity index (χ4v) is 2.97. The maximum atomic E-state index is 9.41. The van der Waals surface area contributed by atoms with Crippen LogP contribution in [0.15, 0.2) is 54.6 Å². The molecule has 0 fully saturated rings. The Morgan fingerprint density at radius 2 is 1.74 bits per heavy atom. The van der Waals surface area contributed by atoms with Gasteiger partial charge in [0.2, 0.25) is 0 Å². The molecule has 7 heteroatoms. The van der Waals surface area contributed by atoms with E-state index in [1.54, 1.807) is 18.7 Å². The molecule has 0 aliphatic carbocycles. The van der Waals surface area contributed by atoms with Crippen molar-refractivity contribution in [2.45, 2.75) is 6.61 Å². The molecule has 4 aromatic rings. The van der Waals surface area contributed by atoms with Crippen LogP contribution in [0.1, 0.15) is 5.56 Å². The quantitative estimate of drug-likeness (QED) is 0.588. The van der Waals surface area contributed by atoms with Gasteiger partial charge in [0.05, 0.1) is 32.1 Å². The number of rotatable bonds is 5. The first-order chi connectivity index (χ1) is 13.2. The van der Waals surface area contributed by atoms with Crippen molar-refractivity contribution in [2.75, 3.05) is 14.2 Å². The lowest BCUT2D eigenvalue weighted by atomic mass is 10.1. The van der Waals surface area contributed by atoms with Gasteiger partial charge in [-0.05, 0) is 30.3 Å². The first-order valence-electron chi connectivity index (χ1n) is 8.39. The van der Waals surface area contributed by atoms with E-state index in [4.69, 9.17) is 14.6 Å². The lowest BCUT2D eigenvalue weighted by molar-refractivity contribution is 0.274. The van der Waals surface area contributed by atoms with E-state index in [1.807, 2.05) is 54.6 Å². The normalized spacial score (nSPS) is 10.9. The zero-order valence-electron chi connectivity index (χ0n) is 15.0. The maximum Gasteiger partial charge on any atom is 0.189 e. The lowest BCUT2D eigenvalue weighted by Crippen LogP contribution is -1.99. The summed E-state index contributed by atoms with van der Waals surface area (Å²) < 4.78 is 12.5. The van der Waals surface area contributed by atoms with Gasteiger partial charge in [0, 0.05) is 11.1 Å². The van der Waals surface area contributed by atoms with Crippen molar-refractivity contribution in [1.82, 2.24) is 19.8 Å². The van der Waals surface area contributed by atoms with Gasteiger partial charge in [-0.15, -0.1) is 10.2 Å². The number of aromatic nitrogens is 4. The molecule has 0 spiro atoms. The highest BCUT2D eigenvalue weighted by Gasteiger charge is 2.15. The molecule has 2 aromatic heterocycles. The van der Waals surface area contributed by atoms with Gasteiger partial charge >= 0.3 is 0 Å². The third-order valence-electron chi connectivity index (χ3n) is 4.36. The molecule has 0 saturated carbocycles. The summed E-state index contributed by atoms with van der Waals surface area (Å²) in [5.74, 6) is 1.92. The van der Waals surface area contributed by atoms with E-state index in [1.165, 1.54) is 0 Å². The molecule has 0 aliphatic rings. The van der Waals surface area contributed by atoms with Crippen LogP contribution in [-0.2, 0) is 6.61 Å². The maximum absolute atomic E-state index is 9.41. The second kappa shape index (κ2) is 7.05. The zero-order chi connectivity index (χ0) is 18.8. The molecule has 0 bridgehead atoms. The third-order valence-corrected chi connectivity index (χ3v) is 4.36. The van der Waals surface area contributed by atoms with Crippen LogP contribution in [0.2, 0.25) is 0 Å². The van der Waals surface area contributed by atoms with Gasteiger partial charge < -0.3 is 14.6 Å².